The van der Waals surface area contributed by atoms with Gasteiger partial charge in [-0.05, 0) is 0 Å². The molecule has 0 amide bonds. The van der Waals surface area contributed by atoms with Crippen LogP contribution in [0.5, 0.6) is 0 Å². The van der Waals surface area contributed by atoms with Crippen molar-refractivity contribution in [2.45, 2.75) is 89.5 Å². The van der Waals surface area contributed by atoms with Crippen LogP contribution in [0.3, 0.4) is 0 Å². The summed E-state index contributed by atoms with van der Waals surface area (Å²) in [4.78, 5) is 0. The second-order valence-electron chi connectivity index (χ2n) is 6.32. The van der Waals surface area contributed by atoms with E-state index in [0.717, 1.165) is 4.06 Å². The van der Waals surface area contributed by atoms with Crippen LogP contribution in [0.15, 0.2) is 0 Å². The Morgan fingerprint density at radius 1 is 0.889 bits per heavy atom. The zero-order valence-electron chi connectivity index (χ0n) is 13.1. The van der Waals surface area contributed by atoms with Gasteiger partial charge in [-0.3, -0.25) is 0 Å². The molecule has 1 nitrogen and oxygen atoms in total. The van der Waals surface area contributed by atoms with E-state index in [0.29, 0.717) is 0 Å². The molecular weight excluding hydrogens is 325 g/mol. The fraction of sp³-hybridized carbons (Fsp3) is 1.00. The summed E-state index contributed by atoms with van der Waals surface area (Å²) in [7, 11) is 0. The van der Waals surface area contributed by atoms with Gasteiger partial charge in [0.2, 0.25) is 0 Å². The van der Waals surface area contributed by atoms with E-state index in [2.05, 4.69) is 26.1 Å². The number of rotatable bonds is 10. The first-order valence-electron chi connectivity index (χ1n) is 8.52. The first kappa shape index (κ1) is 16.8. The Balaban J connectivity index is 2.68. The van der Waals surface area contributed by atoms with Gasteiger partial charge in [-0.1, -0.05) is 0 Å². The molecule has 1 atom stereocenters. The van der Waals surface area contributed by atoms with Crippen molar-refractivity contribution in [2.24, 2.45) is 0 Å². The predicted octanol–water partition coefficient (Wildman–Crippen LogP) is 5.13. The van der Waals surface area contributed by atoms with Crippen LogP contribution in [0.1, 0.15) is 72.1 Å². The summed E-state index contributed by atoms with van der Waals surface area (Å²) >= 11 is -1.89. The van der Waals surface area contributed by atoms with Crippen molar-refractivity contribution in [3.8, 4) is 0 Å². The van der Waals surface area contributed by atoms with Crippen LogP contribution in [0.25, 0.3) is 0 Å². The molecule has 0 aliphatic carbocycles. The minimum absolute atomic E-state index is 1.03. The van der Waals surface area contributed by atoms with Gasteiger partial charge < -0.3 is 0 Å². The molecule has 0 saturated carbocycles. The molecular formula is C16H35NSn. The first-order chi connectivity index (χ1) is 8.79. The molecule has 1 aliphatic heterocycles. The fourth-order valence-corrected chi connectivity index (χ4v) is 21.8. The molecule has 0 spiro atoms. The molecule has 0 bridgehead atoms. The normalized spacial score (nSPS) is 20.5. The molecule has 2 heteroatoms. The van der Waals surface area contributed by atoms with Crippen molar-refractivity contribution in [3.63, 3.8) is 0 Å². The molecule has 0 aromatic heterocycles. The Morgan fingerprint density at radius 2 is 1.39 bits per heavy atom. The molecule has 108 valence electrons. The summed E-state index contributed by atoms with van der Waals surface area (Å²) in [6, 6.07) is 0. The monoisotopic (exact) mass is 361 g/mol. The van der Waals surface area contributed by atoms with Crippen LogP contribution in [0.2, 0.25) is 13.3 Å². The quantitative estimate of drug-likeness (QED) is 0.533. The summed E-state index contributed by atoms with van der Waals surface area (Å²) in [6.07, 6.45) is 11.7. The summed E-state index contributed by atoms with van der Waals surface area (Å²) in [5.41, 5.74) is 0. The Labute approximate surface area is 119 Å². The maximum absolute atomic E-state index is 3.92. The summed E-state index contributed by atoms with van der Waals surface area (Å²) < 4.78 is 6.04. The molecule has 1 rings (SSSR count). The van der Waals surface area contributed by atoms with Crippen molar-refractivity contribution in [1.82, 2.24) is 5.32 Å². The van der Waals surface area contributed by atoms with Crippen molar-refractivity contribution in [2.75, 3.05) is 6.54 Å². The average Bonchev–Trinajstić information content (AvgIpc) is 2.93. The van der Waals surface area contributed by atoms with E-state index in [9.17, 15) is 0 Å². The van der Waals surface area contributed by atoms with Gasteiger partial charge in [-0.25, -0.2) is 0 Å². The van der Waals surface area contributed by atoms with Crippen molar-refractivity contribution < 1.29 is 0 Å². The zero-order valence-corrected chi connectivity index (χ0v) is 15.9. The molecule has 1 fully saturated rings. The first-order valence-corrected chi connectivity index (χ1v) is 16.2. The number of nitrogens with one attached hydrogen (secondary N) is 1. The van der Waals surface area contributed by atoms with Crippen LogP contribution < -0.4 is 5.32 Å². The van der Waals surface area contributed by atoms with E-state index in [4.69, 9.17) is 0 Å². The van der Waals surface area contributed by atoms with Crippen LogP contribution in [0.4, 0.5) is 0 Å². The SMILES string of the molecule is CCC[CH2][Sn]([CH2]CCC)([CH2]CCC)[CH]1CCCN1. The molecule has 0 radical (unpaired) electrons. The number of hydrogen-bond acceptors (Lipinski definition) is 1. The second kappa shape index (κ2) is 9.63. The fourth-order valence-electron chi connectivity index (χ4n) is 3.69. The number of hydrogen-bond donors (Lipinski definition) is 1. The molecule has 1 saturated heterocycles. The Hall–Kier alpha value is 0.759. The number of unbranched alkanes of at least 4 members (excludes halogenated alkanes) is 3. The standard InChI is InChI=1S/C4H8N.3C4H9.Sn/c1-2-4-5-3-1;3*1-3-4-2;/h3,5H,1-2,4H2;3*1,3-4H2,2H3;. The van der Waals surface area contributed by atoms with E-state index in [1.54, 1.807) is 13.3 Å². The van der Waals surface area contributed by atoms with Gasteiger partial charge in [0.05, 0.1) is 0 Å². The average molecular weight is 360 g/mol. The van der Waals surface area contributed by atoms with E-state index in [-0.39, 0.29) is 0 Å². The Bertz CT molecular complexity index is 177. The van der Waals surface area contributed by atoms with Crippen molar-refractivity contribution in [3.05, 3.63) is 0 Å². The third-order valence-corrected chi connectivity index (χ3v) is 22.1. The minimum atomic E-state index is -1.89. The molecule has 18 heavy (non-hydrogen) atoms. The molecule has 0 aromatic carbocycles. The van der Waals surface area contributed by atoms with Crippen molar-refractivity contribution in [1.29, 1.82) is 0 Å². The summed E-state index contributed by atoms with van der Waals surface area (Å²) in [5.74, 6) is 0. The van der Waals surface area contributed by atoms with Gasteiger partial charge in [-0.2, -0.15) is 0 Å². The molecule has 0 aromatic rings. The summed E-state index contributed by atoms with van der Waals surface area (Å²) in [6.45, 7) is 8.43. The second-order valence-corrected chi connectivity index (χ2v) is 20.4. The third kappa shape index (κ3) is 5.03. The molecule has 1 unspecified atom stereocenters. The van der Waals surface area contributed by atoms with E-state index < -0.39 is 18.4 Å². The van der Waals surface area contributed by atoms with E-state index in [1.807, 2.05) is 0 Å². The predicted molar refractivity (Wildman–Crippen MR) is 85.9 cm³/mol. The van der Waals surface area contributed by atoms with Crippen LogP contribution in [-0.2, 0) is 0 Å². The zero-order chi connectivity index (χ0) is 13.3. The summed E-state index contributed by atoms with van der Waals surface area (Å²) in [5, 5.41) is 3.92. The van der Waals surface area contributed by atoms with Crippen LogP contribution in [0, 0.1) is 0 Å². The van der Waals surface area contributed by atoms with Gasteiger partial charge in [0.15, 0.2) is 0 Å². The maximum atomic E-state index is 3.92. The van der Waals surface area contributed by atoms with E-state index >= 15 is 0 Å². The third-order valence-electron chi connectivity index (χ3n) is 4.88. The van der Waals surface area contributed by atoms with Gasteiger partial charge >= 0.3 is 120 Å². The van der Waals surface area contributed by atoms with Gasteiger partial charge in [0, 0.05) is 0 Å². The van der Waals surface area contributed by atoms with E-state index in [1.165, 1.54) is 57.9 Å². The topological polar surface area (TPSA) is 12.0 Å². The Kier molecular flexibility index (Phi) is 8.99. The molecule has 1 heterocycles. The van der Waals surface area contributed by atoms with Gasteiger partial charge in [0.1, 0.15) is 0 Å². The van der Waals surface area contributed by atoms with Crippen LogP contribution in [-0.4, -0.2) is 29.0 Å². The van der Waals surface area contributed by atoms with Crippen molar-refractivity contribution >= 4 is 18.4 Å². The Morgan fingerprint density at radius 3 is 1.72 bits per heavy atom. The van der Waals surface area contributed by atoms with Crippen LogP contribution >= 0.6 is 0 Å². The molecule has 1 aliphatic rings. The molecule has 1 N–H and O–H groups in total. The van der Waals surface area contributed by atoms with Gasteiger partial charge in [0.25, 0.3) is 0 Å². The van der Waals surface area contributed by atoms with Gasteiger partial charge in [-0.15, -0.1) is 0 Å².